The first kappa shape index (κ1) is 21.6. The molecule has 4 rings (SSSR count). The molecule has 1 amide bonds. The van der Waals surface area contributed by atoms with E-state index in [0.29, 0.717) is 11.1 Å². The van der Waals surface area contributed by atoms with Gasteiger partial charge in [0.2, 0.25) is 0 Å². The molecule has 4 aromatic carbocycles. The molecule has 0 radical (unpaired) electrons. The van der Waals surface area contributed by atoms with Gasteiger partial charge in [0, 0.05) is 11.6 Å². The lowest BCUT2D eigenvalue weighted by Crippen LogP contribution is -2.18. The highest BCUT2D eigenvalue weighted by Crippen LogP contribution is 2.28. The highest BCUT2D eigenvalue weighted by atomic mass is 16.5. The third-order valence-electron chi connectivity index (χ3n) is 5.01. The topological polar surface area (TPSA) is 108 Å². The van der Waals surface area contributed by atoms with Crippen molar-refractivity contribution in [2.24, 2.45) is 5.10 Å². The van der Waals surface area contributed by atoms with Crippen LogP contribution < -0.4 is 10.2 Å². The van der Waals surface area contributed by atoms with Crippen LogP contribution in [-0.2, 0) is 0 Å². The van der Waals surface area contributed by atoms with E-state index in [-0.39, 0.29) is 22.8 Å². The number of hydrogen-bond acceptors (Lipinski definition) is 6. The number of ether oxygens (including phenoxy) is 1. The lowest BCUT2D eigenvalue weighted by atomic mass is 10.0. The molecule has 0 aliphatic carbocycles. The fourth-order valence-corrected chi connectivity index (χ4v) is 3.27. The molecule has 0 bridgehead atoms. The van der Waals surface area contributed by atoms with E-state index in [2.05, 4.69) is 10.5 Å². The molecule has 3 N–H and O–H groups in total. The van der Waals surface area contributed by atoms with Crippen molar-refractivity contribution in [3.05, 3.63) is 101 Å². The first-order chi connectivity index (χ1) is 15.9. The number of hydrazone groups is 1. The fourth-order valence-electron chi connectivity index (χ4n) is 3.27. The third kappa shape index (κ3) is 4.83. The summed E-state index contributed by atoms with van der Waals surface area (Å²) < 4.78 is 5.64. The molecule has 0 unspecified atom stereocenters. The van der Waals surface area contributed by atoms with Gasteiger partial charge >= 0.3 is 5.97 Å². The smallest absolute Gasteiger partial charge is 0.343 e. The number of carbonyl (C=O) groups excluding carboxylic acids is 2. The first-order valence-electron chi connectivity index (χ1n) is 10.1. The number of carbonyl (C=O) groups is 2. The van der Waals surface area contributed by atoms with Gasteiger partial charge in [-0.3, -0.25) is 4.79 Å². The molecular weight excluding hydrogens is 420 g/mol. The fraction of sp³-hybridized carbons (Fsp3) is 0.0385. The summed E-state index contributed by atoms with van der Waals surface area (Å²) in [6, 6.07) is 21.7. The van der Waals surface area contributed by atoms with Crippen molar-refractivity contribution in [3.63, 3.8) is 0 Å². The minimum absolute atomic E-state index is 0.0473. The van der Waals surface area contributed by atoms with Crippen molar-refractivity contribution in [2.75, 3.05) is 0 Å². The summed E-state index contributed by atoms with van der Waals surface area (Å²) in [5, 5.41) is 24.9. The molecule has 7 nitrogen and oxygen atoms in total. The van der Waals surface area contributed by atoms with Gasteiger partial charge in [-0.15, -0.1) is 0 Å². The zero-order valence-corrected chi connectivity index (χ0v) is 17.6. The van der Waals surface area contributed by atoms with Crippen LogP contribution in [0, 0.1) is 6.92 Å². The predicted octanol–water partition coefficient (Wildman–Crippen LogP) is 4.54. The third-order valence-corrected chi connectivity index (χ3v) is 5.01. The molecular formula is C26H20N2O5. The van der Waals surface area contributed by atoms with E-state index in [1.807, 2.05) is 49.4 Å². The van der Waals surface area contributed by atoms with Gasteiger partial charge in [0.15, 0.2) is 0 Å². The lowest BCUT2D eigenvalue weighted by Gasteiger charge is -2.11. The number of rotatable bonds is 5. The average molecular weight is 440 g/mol. The Kier molecular flexibility index (Phi) is 6.04. The number of nitrogens with one attached hydrogen (secondary N) is 1. The molecule has 0 fully saturated rings. The Morgan fingerprint density at radius 2 is 1.70 bits per heavy atom. The molecule has 0 aliphatic heterocycles. The largest absolute Gasteiger partial charge is 0.508 e. The van der Waals surface area contributed by atoms with Crippen molar-refractivity contribution >= 4 is 28.9 Å². The van der Waals surface area contributed by atoms with Crippen molar-refractivity contribution in [1.29, 1.82) is 0 Å². The number of esters is 1. The number of aromatic hydroxyl groups is 2. The van der Waals surface area contributed by atoms with E-state index in [1.54, 1.807) is 18.2 Å². The van der Waals surface area contributed by atoms with Crippen LogP contribution in [0.1, 0.15) is 31.8 Å². The van der Waals surface area contributed by atoms with Crippen LogP contribution in [0.4, 0.5) is 0 Å². The van der Waals surface area contributed by atoms with Gasteiger partial charge < -0.3 is 14.9 Å². The molecule has 7 heteroatoms. The van der Waals surface area contributed by atoms with Crippen LogP contribution in [0.3, 0.4) is 0 Å². The number of phenolic OH excluding ortho intramolecular Hbond substituents is 2. The summed E-state index contributed by atoms with van der Waals surface area (Å²) in [6.45, 7) is 1.93. The number of benzene rings is 4. The van der Waals surface area contributed by atoms with Crippen LogP contribution in [0.25, 0.3) is 10.8 Å². The SMILES string of the molecule is Cc1ccc(C(=O)Oc2ccc3ccccc3c2/C=N\NC(=O)c2ccc(O)cc2O)cc1. The summed E-state index contributed by atoms with van der Waals surface area (Å²) in [5.41, 5.74) is 4.23. The second-order valence-corrected chi connectivity index (χ2v) is 7.35. The van der Waals surface area contributed by atoms with Gasteiger partial charge in [-0.1, -0.05) is 48.0 Å². The maximum atomic E-state index is 12.7. The maximum absolute atomic E-state index is 12.7. The molecule has 0 aliphatic rings. The van der Waals surface area contributed by atoms with Gasteiger partial charge in [-0.05, 0) is 48.0 Å². The zero-order valence-electron chi connectivity index (χ0n) is 17.6. The average Bonchev–Trinajstić information content (AvgIpc) is 2.80. The summed E-state index contributed by atoms with van der Waals surface area (Å²) in [5.74, 6) is -1.44. The van der Waals surface area contributed by atoms with Crippen molar-refractivity contribution in [3.8, 4) is 17.2 Å². The number of fused-ring (bicyclic) bond motifs is 1. The molecule has 33 heavy (non-hydrogen) atoms. The van der Waals surface area contributed by atoms with Gasteiger partial charge in [0.25, 0.3) is 5.91 Å². The van der Waals surface area contributed by atoms with E-state index >= 15 is 0 Å². The zero-order chi connectivity index (χ0) is 23.4. The quantitative estimate of drug-likeness (QED) is 0.183. The van der Waals surface area contributed by atoms with E-state index in [0.717, 1.165) is 22.4 Å². The molecule has 0 heterocycles. The standard InChI is InChI=1S/C26H20N2O5/c1-16-6-8-18(9-7-16)26(32)33-24-13-10-17-4-2-3-5-20(17)22(24)15-27-28-25(31)21-12-11-19(29)14-23(21)30/h2-15,29-30H,1H3,(H,28,31)/b27-15-. The van der Waals surface area contributed by atoms with E-state index in [4.69, 9.17) is 4.74 Å². The summed E-state index contributed by atoms with van der Waals surface area (Å²) in [4.78, 5) is 25.0. The van der Waals surface area contributed by atoms with Crippen molar-refractivity contribution in [1.82, 2.24) is 5.43 Å². The number of aryl methyl sites for hydroxylation is 1. The molecule has 0 aromatic heterocycles. The Morgan fingerprint density at radius 3 is 2.45 bits per heavy atom. The van der Waals surface area contributed by atoms with Crippen LogP contribution in [-0.4, -0.2) is 28.3 Å². The number of phenols is 2. The molecule has 0 atom stereocenters. The first-order valence-corrected chi connectivity index (χ1v) is 10.1. The second-order valence-electron chi connectivity index (χ2n) is 7.35. The van der Waals surface area contributed by atoms with Crippen LogP contribution in [0.15, 0.2) is 84.0 Å². The minimum Gasteiger partial charge on any atom is -0.508 e. The van der Waals surface area contributed by atoms with E-state index in [1.165, 1.54) is 18.3 Å². The predicted molar refractivity (Wildman–Crippen MR) is 125 cm³/mol. The Balaban J connectivity index is 1.63. The summed E-state index contributed by atoms with van der Waals surface area (Å²) in [6.07, 6.45) is 1.38. The van der Waals surface area contributed by atoms with Crippen LogP contribution in [0.2, 0.25) is 0 Å². The molecule has 0 saturated heterocycles. The van der Waals surface area contributed by atoms with E-state index < -0.39 is 11.9 Å². The Morgan fingerprint density at radius 1 is 0.939 bits per heavy atom. The van der Waals surface area contributed by atoms with Crippen molar-refractivity contribution in [2.45, 2.75) is 6.92 Å². The van der Waals surface area contributed by atoms with Crippen LogP contribution in [0.5, 0.6) is 17.2 Å². The number of hydrogen-bond donors (Lipinski definition) is 3. The lowest BCUT2D eigenvalue weighted by molar-refractivity contribution is 0.0734. The Hall–Kier alpha value is -4.65. The van der Waals surface area contributed by atoms with Gasteiger partial charge in [-0.2, -0.15) is 5.10 Å². The van der Waals surface area contributed by atoms with Gasteiger partial charge in [-0.25, -0.2) is 10.2 Å². The van der Waals surface area contributed by atoms with Crippen LogP contribution >= 0.6 is 0 Å². The highest BCUT2D eigenvalue weighted by molar-refractivity contribution is 6.04. The van der Waals surface area contributed by atoms with E-state index in [9.17, 15) is 19.8 Å². The maximum Gasteiger partial charge on any atom is 0.343 e. The monoisotopic (exact) mass is 440 g/mol. The summed E-state index contributed by atoms with van der Waals surface area (Å²) >= 11 is 0. The Labute approximate surface area is 189 Å². The number of nitrogens with zero attached hydrogens (tertiary/aromatic N) is 1. The molecule has 0 saturated carbocycles. The molecule has 0 spiro atoms. The normalized spacial score (nSPS) is 10.9. The Bertz CT molecular complexity index is 1380. The highest BCUT2D eigenvalue weighted by Gasteiger charge is 2.14. The molecule has 164 valence electrons. The second kappa shape index (κ2) is 9.23. The molecule has 4 aromatic rings. The van der Waals surface area contributed by atoms with Crippen molar-refractivity contribution < 1.29 is 24.5 Å². The van der Waals surface area contributed by atoms with Gasteiger partial charge in [0.1, 0.15) is 17.2 Å². The summed E-state index contributed by atoms with van der Waals surface area (Å²) in [7, 11) is 0. The minimum atomic E-state index is -0.665. The van der Waals surface area contributed by atoms with Gasteiger partial charge in [0.05, 0.1) is 17.3 Å². The number of amides is 1.